The number of nitrogens with zero attached hydrogens (tertiary/aromatic N) is 5. The predicted molar refractivity (Wildman–Crippen MR) is 117 cm³/mol. The Balaban J connectivity index is 1.40. The van der Waals surface area contributed by atoms with E-state index < -0.39 is 11.2 Å². The molecule has 4 aromatic rings. The Morgan fingerprint density at radius 3 is 2.65 bits per heavy atom. The highest BCUT2D eigenvalue weighted by Crippen LogP contribution is 2.26. The molecule has 31 heavy (non-hydrogen) atoms. The molecule has 0 fully saturated rings. The molecule has 11 heteroatoms. The second kappa shape index (κ2) is 8.26. The first-order valence-corrected chi connectivity index (χ1v) is 10.5. The van der Waals surface area contributed by atoms with Crippen molar-refractivity contribution in [2.75, 3.05) is 6.54 Å². The Labute approximate surface area is 180 Å². The summed E-state index contributed by atoms with van der Waals surface area (Å²) in [6.07, 6.45) is 1.10. The van der Waals surface area contributed by atoms with Crippen LogP contribution >= 0.6 is 11.5 Å². The molecule has 160 valence electrons. The summed E-state index contributed by atoms with van der Waals surface area (Å²) in [5.41, 5.74) is 2.12. The lowest BCUT2D eigenvalue weighted by Gasteiger charge is -2.04. The summed E-state index contributed by atoms with van der Waals surface area (Å²) in [5.74, 6) is 0.295. The van der Waals surface area contributed by atoms with Crippen LogP contribution in [0.4, 0.5) is 0 Å². The second-order valence-electron chi connectivity index (χ2n) is 7.26. The highest BCUT2D eigenvalue weighted by Gasteiger charge is 2.18. The standard InChI is InChI=1S/C20H21N7O3S/c1-11-6-8-12(9-7-11)16-14(24-25-31-16)18(28)21-10-4-5-13-22-15-17(23-13)26(2)20(30)27(3)19(15)29/h6-9H,4-5,10H2,1-3H3,(H,21,28)(H,22,23). The molecule has 0 saturated carbocycles. The lowest BCUT2D eigenvalue weighted by molar-refractivity contribution is 0.0949. The molecular weight excluding hydrogens is 418 g/mol. The molecular formula is C20H21N7O3S. The minimum Gasteiger partial charge on any atom is -0.351 e. The summed E-state index contributed by atoms with van der Waals surface area (Å²) in [6, 6.07) is 7.85. The number of imidazole rings is 1. The lowest BCUT2D eigenvalue weighted by atomic mass is 10.1. The molecule has 10 nitrogen and oxygen atoms in total. The Bertz CT molecular complexity index is 1380. The minimum absolute atomic E-state index is 0.287. The summed E-state index contributed by atoms with van der Waals surface area (Å²) in [4.78, 5) is 44.9. The van der Waals surface area contributed by atoms with Gasteiger partial charge in [0.05, 0.1) is 4.88 Å². The zero-order valence-electron chi connectivity index (χ0n) is 17.3. The fraction of sp³-hybridized carbons (Fsp3) is 0.300. The number of rotatable bonds is 6. The van der Waals surface area contributed by atoms with E-state index in [-0.39, 0.29) is 5.91 Å². The molecule has 0 unspecified atom stereocenters. The van der Waals surface area contributed by atoms with Crippen LogP contribution in [-0.4, -0.2) is 41.1 Å². The van der Waals surface area contributed by atoms with Crippen molar-refractivity contribution in [3.05, 3.63) is 62.2 Å². The van der Waals surface area contributed by atoms with Crippen LogP contribution in [0, 0.1) is 6.92 Å². The number of hydrogen-bond acceptors (Lipinski definition) is 7. The molecule has 3 aromatic heterocycles. The normalized spacial score (nSPS) is 11.2. The van der Waals surface area contributed by atoms with Crippen molar-refractivity contribution in [2.24, 2.45) is 14.1 Å². The average molecular weight is 440 g/mol. The van der Waals surface area contributed by atoms with Crippen LogP contribution in [0.25, 0.3) is 21.6 Å². The van der Waals surface area contributed by atoms with Crippen molar-refractivity contribution in [1.29, 1.82) is 0 Å². The Morgan fingerprint density at radius 2 is 1.90 bits per heavy atom. The maximum Gasteiger partial charge on any atom is 0.332 e. The van der Waals surface area contributed by atoms with E-state index in [2.05, 4.69) is 24.9 Å². The van der Waals surface area contributed by atoms with Crippen LogP contribution in [0.15, 0.2) is 33.9 Å². The van der Waals surface area contributed by atoms with Gasteiger partial charge in [-0.1, -0.05) is 34.3 Å². The number of fused-ring (bicyclic) bond motifs is 1. The van der Waals surface area contributed by atoms with Gasteiger partial charge in [-0.15, -0.1) is 5.10 Å². The van der Waals surface area contributed by atoms with Gasteiger partial charge in [-0.25, -0.2) is 9.78 Å². The number of carbonyl (C=O) groups excluding carboxylic acids is 1. The largest absolute Gasteiger partial charge is 0.351 e. The Morgan fingerprint density at radius 1 is 1.16 bits per heavy atom. The van der Waals surface area contributed by atoms with Crippen molar-refractivity contribution in [3.63, 3.8) is 0 Å². The Hall–Kier alpha value is -3.60. The van der Waals surface area contributed by atoms with Gasteiger partial charge in [-0.3, -0.25) is 18.7 Å². The van der Waals surface area contributed by atoms with E-state index in [0.29, 0.717) is 42.1 Å². The van der Waals surface area contributed by atoms with Gasteiger partial charge in [0.25, 0.3) is 11.5 Å². The van der Waals surface area contributed by atoms with Crippen molar-refractivity contribution in [2.45, 2.75) is 19.8 Å². The van der Waals surface area contributed by atoms with E-state index in [1.54, 1.807) is 7.05 Å². The summed E-state index contributed by atoms with van der Waals surface area (Å²) in [7, 11) is 3.00. The van der Waals surface area contributed by atoms with Crippen molar-refractivity contribution >= 4 is 28.6 Å². The van der Waals surface area contributed by atoms with E-state index >= 15 is 0 Å². The van der Waals surface area contributed by atoms with Gasteiger partial charge in [0.2, 0.25) is 0 Å². The van der Waals surface area contributed by atoms with E-state index in [9.17, 15) is 14.4 Å². The molecule has 0 bridgehead atoms. The number of aryl methyl sites for hydroxylation is 3. The van der Waals surface area contributed by atoms with Gasteiger partial charge in [0, 0.05) is 27.1 Å². The molecule has 4 rings (SSSR count). The number of aromatic nitrogens is 6. The number of hydrogen-bond donors (Lipinski definition) is 2. The molecule has 2 N–H and O–H groups in total. The third-order valence-electron chi connectivity index (χ3n) is 5.04. The zero-order chi connectivity index (χ0) is 22.1. The number of H-pyrrole nitrogens is 1. The van der Waals surface area contributed by atoms with Gasteiger partial charge >= 0.3 is 5.69 Å². The molecule has 0 spiro atoms. The predicted octanol–water partition coefficient (Wildman–Crippen LogP) is 1.15. The monoisotopic (exact) mass is 439 g/mol. The van der Waals surface area contributed by atoms with Crippen molar-refractivity contribution < 1.29 is 4.79 Å². The highest BCUT2D eigenvalue weighted by molar-refractivity contribution is 7.09. The van der Waals surface area contributed by atoms with Crippen LogP contribution in [0.2, 0.25) is 0 Å². The highest BCUT2D eigenvalue weighted by atomic mass is 32.1. The quantitative estimate of drug-likeness (QED) is 0.434. The molecule has 1 amide bonds. The maximum absolute atomic E-state index is 12.6. The SMILES string of the molecule is Cc1ccc(-c2snnc2C(=O)NCCCc2nc3c([nH]2)c(=O)n(C)c(=O)n3C)cc1. The molecule has 0 aliphatic carbocycles. The van der Waals surface area contributed by atoms with Crippen LogP contribution in [0.5, 0.6) is 0 Å². The van der Waals surface area contributed by atoms with Gasteiger partial charge in [-0.2, -0.15) is 0 Å². The number of nitrogens with one attached hydrogen (secondary N) is 2. The number of benzene rings is 1. The topological polar surface area (TPSA) is 128 Å². The summed E-state index contributed by atoms with van der Waals surface area (Å²) in [5, 5.41) is 6.84. The molecule has 0 aliphatic heterocycles. The zero-order valence-corrected chi connectivity index (χ0v) is 18.1. The van der Waals surface area contributed by atoms with E-state index in [4.69, 9.17) is 0 Å². The molecule has 0 atom stereocenters. The first-order chi connectivity index (χ1) is 14.9. The third kappa shape index (κ3) is 3.91. The van der Waals surface area contributed by atoms with E-state index in [1.165, 1.54) is 23.1 Å². The fourth-order valence-corrected chi connectivity index (χ4v) is 3.93. The Kier molecular flexibility index (Phi) is 5.51. The molecule has 0 aliphatic rings. The second-order valence-corrected chi connectivity index (χ2v) is 8.02. The number of amides is 1. The molecule has 1 aromatic carbocycles. The first-order valence-electron chi connectivity index (χ1n) is 9.69. The van der Waals surface area contributed by atoms with Crippen LogP contribution < -0.4 is 16.6 Å². The van der Waals surface area contributed by atoms with E-state index in [1.807, 2.05) is 31.2 Å². The number of carbonyl (C=O) groups is 1. The number of aromatic amines is 1. The van der Waals surface area contributed by atoms with Gasteiger partial charge < -0.3 is 10.3 Å². The maximum atomic E-state index is 12.6. The van der Waals surface area contributed by atoms with Gasteiger partial charge in [-0.05, 0) is 30.4 Å². The minimum atomic E-state index is -0.427. The van der Waals surface area contributed by atoms with Crippen LogP contribution in [0.1, 0.15) is 28.3 Å². The van der Waals surface area contributed by atoms with Crippen LogP contribution in [0.3, 0.4) is 0 Å². The third-order valence-corrected chi connectivity index (χ3v) is 5.81. The fourth-order valence-electron chi connectivity index (χ4n) is 3.27. The smallest absolute Gasteiger partial charge is 0.332 e. The van der Waals surface area contributed by atoms with E-state index in [0.717, 1.165) is 20.6 Å². The van der Waals surface area contributed by atoms with Crippen molar-refractivity contribution in [3.8, 4) is 10.4 Å². The average Bonchev–Trinajstić information content (AvgIpc) is 3.42. The van der Waals surface area contributed by atoms with Gasteiger partial charge in [0.15, 0.2) is 11.3 Å². The molecule has 0 saturated heterocycles. The van der Waals surface area contributed by atoms with Crippen molar-refractivity contribution in [1.82, 2.24) is 34.0 Å². The summed E-state index contributed by atoms with van der Waals surface area (Å²) in [6.45, 7) is 2.40. The molecule has 0 radical (unpaired) electrons. The first kappa shape index (κ1) is 20.7. The summed E-state index contributed by atoms with van der Waals surface area (Å²) >= 11 is 1.18. The molecule has 3 heterocycles. The van der Waals surface area contributed by atoms with Crippen LogP contribution in [-0.2, 0) is 20.5 Å². The lowest BCUT2D eigenvalue weighted by Crippen LogP contribution is -2.36. The van der Waals surface area contributed by atoms with Gasteiger partial charge in [0.1, 0.15) is 11.3 Å². The summed E-state index contributed by atoms with van der Waals surface area (Å²) < 4.78 is 6.30.